The van der Waals surface area contributed by atoms with E-state index in [1.54, 1.807) is 0 Å². The van der Waals surface area contributed by atoms with E-state index in [0.717, 1.165) is 32.1 Å². The van der Waals surface area contributed by atoms with E-state index in [0.29, 0.717) is 18.8 Å². The van der Waals surface area contributed by atoms with E-state index in [4.69, 9.17) is 4.43 Å². The summed E-state index contributed by atoms with van der Waals surface area (Å²) in [5.41, 5.74) is -1.22. The van der Waals surface area contributed by atoms with Gasteiger partial charge in [0.1, 0.15) is 5.60 Å². The number of ketones is 1. The first-order valence-electron chi connectivity index (χ1n) is 8.51. The van der Waals surface area contributed by atoms with Crippen LogP contribution < -0.4 is 0 Å². The molecule has 0 saturated heterocycles. The first-order chi connectivity index (χ1) is 9.58. The minimum atomic E-state index is -1.99. The van der Waals surface area contributed by atoms with Crippen LogP contribution in [-0.4, -0.2) is 30.9 Å². The lowest BCUT2D eigenvalue weighted by Gasteiger charge is -2.50. The zero-order chi connectivity index (χ0) is 15.9. The Morgan fingerprint density at radius 3 is 2.43 bits per heavy atom. The first kappa shape index (κ1) is 17.2. The molecule has 122 valence electrons. The van der Waals surface area contributed by atoms with Gasteiger partial charge in [-0.2, -0.15) is 0 Å². The van der Waals surface area contributed by atoms with Crippen LogP contribution in [0.25, 0.3) is 0 Å². The molecule has 0 aromatic rings. The van der Waals surface area contributed by atoms with E-state index < -0.39 is 13.9 Å². The predicted octanol–water partition coefficient (Wildman–Crippen LogP) is 4.05. The van der Waals surface area contributed by atoms with Crippen molar-refractivity contribution in [2.75, 3.05) is 0 Å². The number of hydrogen-bond donors (Lipinski definition) is 1. The van der Waals surface area contributed by atoms with E-state index in [2.05, 4.69) is 33.9 Å². The molecule has 3 atom stereocenters. The van der Waals surface area contributed by atoms with Crippen molar-refractivity contribution < 1.29 is 14.3 Å². The van der Waals surface area contributed by atoms with Crippen LogP contribution in [0.3, 0.4) is 0 Å². The molecule has 0 spiro atoms. The molecule has 0 aromatic heterocycles. The van der Waals surface area contributed by atoms with Gasteiger partial charge in [0.25, 0.3) is 0 Å². The van der Waals surface area contributed by atoms with Crippen LogP contribution in [0, 0.1) is 5.92 Å². The van der Waals surface area contributed by atoms with Crippen molar-refractivity contribution in [1.29, 1.82) is 0 Å². The number of fused-ring (bicyclic) bond motifs is 2. The monoisotopic (exact) mass is 312 g/mol. The van der Waals surface area contributed by atoms with Gasteiger partial charge in [0.15, 0.2) is 14.1 Å². The molecule has 0 amide bonds. The molecule has 2 aliphatic rings. The number of rotatable bonds is 2. The summed E-state index contributed by atoms with van der Waals surface area (Å²) >= 11 is 0. The first-order valence-corrected chi connectivity index (χ1v) is 11.4. The summed E-state index contributed by atoms with van der Waals surface area (Å²) < 4.78 is 6.59. The molecule has 0 radical (unpaired) electrons. The van der Waals surface area contributed by atoms with Crippen molar-refractivity contribution in [3.63, 3.8) is 0 Å². The molecule has 2 aliphatic carbocycles. The Balaban J connectivity index is 2.31. The number of Topliss-reactive ketones (excluding diaryl/α,β-unsaturated/α-hetero) is 1. The minimum Gasteiger partial charge on any atom is -0.410 e. The highest BCUT2D eigenvalue weighted by molar-refractivity contribution is 6.74. The van der Waals surface area contributed by atoms with Crippen molar-refractivity contribution in [2.24, 2.45) is 5.92 Å². The molecule has 2 fully saturated rings. The fraction of sp³-hybridized carbons (Fsp3) is 0.941. The quantitative estimate of drug-likeness (QED) is 0.782. The summed E-state index contributed by atoms with van der Waals surface area (Å²) in [6.07, 6.45) is 5.96. The second kappa shape index (κ2) is 5.78. The summed E-state index contributed by atoms with van der Waals surface area (Å²) in [7, 11) is -1.99. The lowest BCUT2D eigenvalue weighted by Crippen LogP contribution is -2.61. The highest BCUT2D eigenvalue weighted by Crippen LogP contribution is 2.45. The van der Waals surface area contributed by atoms with Crippen molar-refractivity contribution in [3.05, 3.63) is 0 Å². The van der Waals surface area contributed by atoms with Crippen molar-refractivity contribution in [1.82, 2.24) is 0 Å². The number of carbonyl (C=O) groups is 1. The van der Waals surface area contributed by atoms with Crippen LogP contribution in [0.5, 0.6) is 0 Å². The van der Waals surface area contributed by atoms with E-state index in [1.165, 1.54) is 0 Å². The highest BCUT2D eigenvalue weighted by atomic mass is 28.4. The van der Waals surface area contributed by atoms with E-state index >= 15 is 0 Å². The maximum atomic E-state index is 12.5. The summed E-state index contributed by atoms with van der Waals surface area (Å²) in [6.45, 7) is 11.1. The number of carbonyl (C=O) groups excluding carboxylic acids is 1. The molecule has 0 aliphatic heterocycles. The van der Waals surface area contributed by atoms with Crippen molar-refractivity contribution in [3.8, 4) is 0 Å². The molecule has 3 nitrogen and oxygen atoms in total. The van der Waals surface area contributed by atoms with Gasteiger partial charge in [-0.3, -0.25) is 4.79 Å². The van der Waals surface area contributed by atoms with Gasteiger partial charge in [-0.15, -0.1) is 0 Å². The Hall–Kier alpha value is -0.193. The van der Waals surface area contributed by atoms with Gasteiger partial charge in [-0.25, -0.2) is 0 Å². The maximum Gasteiger partial charge on any atom is 0.192 e. The molecule has 0 aromatic carbocycles. The van der Waals surface area contributed by atoms with E-state index in [1.807, 2.05) is 0 Å². The Morgan fingerprint density at radius 1 is 1.19 bits per heavy atom. The molecule has 4 heteroatoms. The lowest BCUT2D eigenvalue weighted by molar-refractivity contribution is -0.164. The van der Waals surface area contributed by atoms with Gasteiger partial charge < -0.3 is 9.53 Å². The Morgan fingerprint density at radius 2 is 1.81 bits per heavy atom. The highest BCUT2D eigenvalue weighted by Gasteiger charge is 2.53. The third kappa shape index (κ3) is 3.27. The Kier molecular flexibility index (Phi) is 4.73. The maximum absolute atomic E-state index is 12.5. The zero-order valence-corrected chi connectivity index (χ0v) is 15.4. The SMILES string of the molecule is CC(C)(C)[Si](C)(C)O[C@@H]1[C@H]2CCCCC(=O)[C@]1(O)CCC2. The van der Waals surface area contributed by atoms with Gasteiger partial charge in [0, 0.05) is 6.42 Å². The van der Waals surface area contributed by atoms with E-state index in [9.17, 15) is 9.90 Å². The largest absolute Gasteiger partial charge is 0.410 e. The molecule has 2 saturated carbocycles. The van der Waals surface area contributed by atoms with Crippen LogP contribution in [0.15, 0.2) is 0 Å². The normalized spacial score (nSPS) is 35.2. The van der Waals surface area contributed by atoms with Crippen LogP contribution in [0.4, 0.5) is 0 Å². The molecule has 0 heterocycles. The summed E-state index contributed by atoms with van der Waals surface area (Å²) in [6, 6.07) is 0. The summed E-state index contributed by atoms with van der Waals surface area (Å²) in [4.78, 5) is 12.5. The fourth-order valence-electron chi connectivity index (χ4n) is 3.51. The zero-order valence-electron chi connectivity index (χ0n) is 14.4. The summed E-state index contributed by atoms with van der Waals surface area (Å²) in [5, 5.41) is 11.2. The molecule has 21 heavy (non-hydrogen) atoms. The number of aliphatic hydroxyl groups is 1. The van der Waals surface area contributed by atoms with Crippen LogP contribution in [0.1, 0.15) is 65.7 Å². The average molecular weight is 313 g/mol. The second-order valence-electron chi connectivity index (χ2n) is 8.54. The van der Waals surface area contributed by atoms with Crippen molar-refractivity contribution in [2.45, 2.75) is 95.6 Å². The van der Waals surface area contributed by atoms with Crippen molar-refractivity contribution >= 4 is 14.1 Å². The standard InChI is InChI=1S/C17H32O3Si/c1-16(2,3)21(4,5)20-15-13-9-6-7-11-14(18)17(15,19)12-8-10-13/h13,15,19H,6-12H2,1-5H3/t13-,15+,17+/m0/s1. The van der Waals surface area contributed by atoms with Crippen LogP contribution in [-0.2, 0) is 9.22 Å². The van der Waals surface area contributed by atoms with Gasteiger partial charge in [-0.1, -0.05) is 27.2 Å². The second-order valence-corrected chi connectivity index (χ2v) is 13.3. The average Bonchev–Trinajstić information content (AvgIpc) is 2.36. The smallest absolute Gasteiger partial charge is 0.192 e. The van der Waals surface area contributed by atoms with E-state index in [-0.39, 0.29) is 16.9 Å². The molecule has 0 unspecified atom stereocenters. The Bertz CT molecular complexity index is 399. The third-order valence-electron chi connectivity index (χ3n) is 5.97. The molecular weight excluding hydrogens is 280 g/mol. The van der Waals surface area contributed by atoms with Crippen LogP contribution in [0.2, 0.25) is 18.1 Å². The minimum absolute atomic E-state index is 0.0237. The predicted molar refractivity (Wildman–Crippen MR) is 87.8 cm³/mol. The van der Waals surface area contributed by atoms with Gasteiger partial charge in [-0.05, 0) is 56.2 Å². The van der Waals surface area contributed by atoms with Gasteiger partial charge in [0.2, 0.25) is 0 Å². The van der Waals surface area contributed by atoms with Crippen LogP contribution >= 0.6 is 0 Å². The number of hydrogen-bond acceptors (Lipinski definition) is 3. The molecule has 2 rings (SSSR count). The van der Waals surface area contributed by atoms with Gasteiger partial charge >= 0.3 is 0 Å². The topological polar surface area (TPSA) is 46.5 Å². The fourth-order valence-corrected chi connectivity index (χ4v) is 4.88. The molecular formula is C17H32O3Si. The lowest BCUT2D eigenvalue weighted by atomic mass is 9.69. The molecule has 2 bridgehead atoms. The third-order valence-corrected chi connectivity index (χ3v) is 10.4. The Labute approximate surface area is 130 Å². The molecule has 1 N–H and O–H groups in total. The summed E-state index contributed by atoms with van der Waals surface area (Å²) in [5.74, 6) is 0.373. The van der Waals surface area contributed by atoms with Gasteiger partial charge in [0.05, 0.1) is 6.10 Å².